The van der Waals surface area contributed by atoms with E-state index < -0.39 is 0 Å². The number of nitrogen functional groups attached to an aromatic ring is 1. The maximum atomic E-state index is 6.37. The van der Waals surface area contributed by atoms with Crippen molar-refractivity contribution in [1.82, 2.24) is 14.5 Å². The minimum Gasteiger partial charge on any atom is -0.382 e. The van der Waals surface area contributed by atoms with Gasteiger partial charge in [-0.3, -0.25) is 0 Å². The van der Waals surface area contributed by atoms with E-state index in [-0.39, 0.29) is 5.60 Å². The van der Waals surface area contributed by atoms with E-state index in [4.69, 9.17) is 20.2 Å². The molecule has 0 atom stereocenters. The predicted octanol–water partition coefficient (Wildman–Crippen LogP) is 4.01. The number of pyridine rings is 1. The number of aromatic nitrogens is 3. The van der Waals surface area contributed by atoms with Crippen molar-refractivity contribution < 1.29 is 9.47 Å². The van der Waals surface area contributed by atoms with Crippen LogP contribution in [0.5, 0.6) is 0 Å². The number of benzene rings is 1. The quantitative estimate of drug-likeness (QED) is 0.547. The molecular weight excluding hydrogens is 372 g/mol. The van der Waals surface area contributed by atoms with Crippen LogP contribution in [0, 0.1) is 0 Å². The van der Waals surface area contributed by atoms with Gasteiger partial charge in [0.05, 0.1) is 29.8 Å². The number of rotatable bonds is 9. The molecule has 1 aliphatic rings. The van der Waals surface area contributed by atoms with E-state index in [0.29, 0.717) is 19.0 Å². The summed E-state index contributed by atoms with van der Waals surface area (Å²) in [6.07, 6.45) is 5.47. The molecular formula is C21H28N4O2S. The minimum atomic E-state index is -0.122. The Balaban J connectivity index is 1.82. The summed E-state index contributed by atoms with van der Waals surface area (Å²) in [5, 5.41) is 1.07. The Morgan fingerprint density at radius 2 is 2.07 bits per heavy atom. The van der Waals surface area contributed by atoms with E-state index in [2.05, 4.69) is 21.9 Å². The van der Waals surface area contributed by atoms with Gasteiger partial charge in [-0.05, 0) is 38.5 Å². The number of hydrogen-bond acceptors (Lipinski definition) is 6. The van der Waals surface area contributed by atoms with Crippen molar-refractivity contribution in [2.45, 2.75) is 44.9 Å². The number of para-hydroxylation sites is 1. The molecule has 2 aromatic heterocycles. The highest BCUT2D eigenvalue weighted by Gasteiger charge is 2.39. The highest BCUT2D eigenvalue weighted by Crippen LogP contribution is 2.39. The van der Waals surface area contributed by atoms with Crippen LogP contribution >= 0.6 is 11.8 Å². The van der Waals surface area contributed by atoms with Gasteiger partial charge in [0.15, 0.2) is 5.82 Å². The van der Waals surface area contributed by atoms with Crippen LogP contribution in [0.2, 0.25) is 0 Å². The molecule has 0 bridgehead atoms. The van der Waals surface area contributed by atoms with E-state index in [1.54, 1.807) is 0 Å². The van der Waals surface area contributed by atoms with Gasteiger partial charge >= 0.3 is 0 Å². The monoisotopic (exact) mass is 400 g/mol. The molecule has 0 radical (unpaired) electrons. The summed E-state index contributed by atoms with van der Waals surface area (Å²) in [5.41, 5.74) is 8.85. The molecule has 28 heavy (non-hydrogen) atoms. The molecule has 0 spiro atoms. The second kappa shape index (κ2) is 8.27. The molecule has 1 saturated carbocycles. The van der Waals surface area contributed by atoms with Crippen molar-refractivity contribution in [2.75, 3.05) is 31.0 Å². The fourth-order valence-electron chi connectivity index (χ4n) is 3.93. The molecule has 2 heterocycles. The topological polar surface area (TPSA) is 75.2 Å². The zero-order valence-electron chi connectivity index (χ0n) is 16.6. The lowest BCUT2D eigenvalue weighted by molar-refractivity contribution is -0.104. The van der Waals surface area contributed by atoms with Crippen LogP contribution in [-0.4, -0.2) is 45.4 Å². The Morgan fingerprint density at radius 3 is 2.79 bits per heavy atom. The molecule has 1 aromatic carbocycles. The molecule has 150 valence electrons. The number of fused-ring (bicyclic) bond motifs is 3. The van der Waals surface area contributed by atoms with Crippen LogP contribution < -0.4 is 5.73 Å². The Morgan fingerprint density at radius 1 is 1.25 bits per heavy atom. The number of ether oxygens (including phenoxy) is 2. The fourth-order valence-corrected chi connectivity index (χ4v) is 4.18. The minimum absolute atomic E-state index is 0.122. The van der Waals surface area contributed by atoms with Gasteiger partial charge in [-0.1, -0.05) is 18.2 Å². The third-order valence-electron chi connectivity index (χ3n) is 5.53. The molecule has 6 nitrogen and oxygen atoms in total. The zero-order valence-corrected chi connectivity index (χ0v) is 17.4. The maximum Gasteiger partial charge on any atom is 0.152 e. The van der Waals surface area contributed by atoms with Crippen molar-refractivity contribution in [3.8, 4) is 0 Å². The summed E-state index contributed by atoms with van der Waals surface area (Å²) < 4.78 is 14.4. The number of imidazole rings is 1. The Bertz CT molecular complexity index is 968. The average Bonchev–Trinajstić information content (AvgIpc) is 3.03. The van der Waals surface area contributed by atoms with E-state index in [0.717, 1.165) is 59.5 Å². The van der Waals surface area contributed by atoms with Crippen molar-refractivity contribution in [3.05, 3.63) is 30.1 Å². The molecule has 1 fully saturated rings. The number of hydrogen-bond donors (Lipinski definition) is 1. The molecule has 3 aromatic rings. The first-order valence-electron chi connectivity index (χ1n) is 9.91. The Kier molecular flexibility index (Phi) is 5.75. The van der Waals surface area contributed by atoms with Gasteiger partial charge in [-0.15, -0.1) is 0 Å². The Labute approximate surface area is 169 Å². The van der Waals surface area contributed by atoms with Crippen molar-refractivity contribution in [3.63, 3.8) is 0 Å². The summed E-state index contributed by atoms with van der Waals surface area (Å²) in [7, 11) is 0. The largest absolute Gasteiger partial charge is 0.382 e. The van der Waals surface area contributed by atoms with Crippen molar-refractivity contribution >= 4 is 39.5 Å². The van der Waals surface area contributed by atoms with Crippen LogP contribution in [0.25, 0.3) is 21.9 Å². The molecule has 0 unspecified atom stereocenters. The van der Waals surface area contributed by atoms with Gasteiger partial charge in [-0.25, -0.2) is 9.97 Å². The Hall–Kier alpha value is -1.83. The third kappa shape index (κ3) is 3.58. The third-order valence-corrected chi connectivity index (χ3v) is 6.11. The molecule has 7 heteroatoms. The molecule has 0 aliphatic heterocycles. The summed E-state index contributed by atoms with van der Waals surface area (Å²) >= 11 is 1.82. The van der Waals surface area contributed by atoms with Gasteiger partial charge in [0.25, 0.3) is 0 Å². The number of nitrogens with two attached hydrogens (primary N) is 1. The molecule has 2 N–H and O–H groups in total. The highest BCUT2D eigenvalue weighted by atomic mass is 32.2. The maximum absolute atomic E-state index is 6.37. The highest BCUT2D eigenvalue weighted by molar-refractivity contribution is 7.98. The second-order valence-electron chi connectivity index (χ2n) is 7.34. The first kappa shape index (κ1) is 19.5. The molecule has 1 aliphatic carbocycles. The van der Waals surface area contributed by atoms with E-state index in [1.165, 1.54) is 6.42 Å². The lowest BCUT2D eigenvalue weighted by Gasteiger charge is -2.42. The zero-order chi connectivity index (χ0) is 19.6. The second-order valence-corrected chi connectivity index (χ2v) is 8.33. The van der Waals surface area contributed by atoms with E-state index >= 15 is 0 Å². The van der Waals surface area contributed by atoms with Gasteiger partial charge in [0, 0.05) is 17.7 Å². The van der Waals surface area contributed by atoms with Crippen LogP contribution in [-0.2, 0) is 22.6 Å². The standard InChI is InChI=1S/C21H28N4O2S/c1-3-26-13-17-24-18-19(15-7-4-5-8-16(15)23-20(18)22)25(17)14-21(9-6-10-21)27-11-12-28-2/h4-5,7-8H,3,6,9-14H2,1-2H3,(H2,22,23). The van der Waals surface area contributed by atoms with E-state index in [9.17, 15) is 0 Å². The van der Waals surface area contributed by atoms with Crippen LogP contribution in [0.15, 0.2) is 24.3 Å². The molecule has 0 saturated heterocycles. The first-order chi connectivity index (χ1) is 13.7. The molecule has 4 rings (SSSR count). The number of nitrogens with zero attached hydrogens (tertiary/aromatic N) is 3. The van der Waals surface area contributed by atoms with Crippen LogP contribution in [0.1, 0.15) is 32.0 Å². The predicted molar refractivity (Wildman–Crippen MR) is 116 cm³/mol. The van der Waals surface area contributed by atoms with Gasteiger partial charge in [-0.2, -0.15) is 11.8 Å². The van der Waals surface area contributed by atoms with Crippen molar-refractivity contribution in [1.29, 1.82) is 0 Å². The first-order valence-corrected chi connectivity index (χ1v) is 11.3. The summed E-state index contributed by atoms with van der Waals surface area (Å²) in [6, 6.07) is 8.11. The number of thioether (sulfide) groups is 1. The van der Waals surface area contributed by atoms with E-state index in [1.807, 2.05) is 36.9 Å². The summed E-state index contributed by atoms with van der Waals surface area (Å²) in [5.74, 6) is 2.37. The summed E-state index contributed by atoms with van der Waals surface area (Å²) in [6.45, 7) is 4.65. The normalized spacial score (nSPS) is 15.9. The number of anilines is 1. The van der Waals surface area contributed by atoms with Gasteiger partial charge < -0.3 is 19.8 Å². The average molecular weight is 401 g/mol. The fraction of sp³-hybridized carbons (Fsp3) is 0.524. The van der Waals surface area contributed by atoms with Gasteiger partial charge in [0.2, 0.25) is 0 Å². The van der Waals surface area contributed by atoms with Crippen LogP contribution in [0.3, 0.4) is 0 Å². The SMILES string of the molecule is CCOCc1nc2c(N)nc3ccccc3c2n1CC1(OCCSC)CCC1. The lowest BCUT2D eigenvalue weighted by Crippen LogP contribution is -2.45. The van der Waals surface area contributed by atoms with Crippen LogP contribution in [0.4, 0.5) is 5.82 Å². The molecule has 0 amide bonds. The van der Waals surface area contributed by atoms with Crippen molar-refractivity contribution in [2.24, 2.45) is 0 Å². The lowest BCUT2D eigenvalue weighted by atomic mass is 9.79. The summed E-state index contributed by atoms with van der Waals surface area (Å²) in [4.78, 5) is 9.39. The van der Waals surface area contributed by atoms with Gasteiger partial charge in [0.1, 0.15) is 17.9 Å². The smallest absolute Gasteiger partial charge is 0.152 e.